The summed E-state index contributed by atoms with van der Waals surface area (Å²) in [6.45, 7) is 3.43. The average molecular weight is 371 g/mol. The molecule has 0 saturated carbocycles. The minimum atomic E-state index is -0.536. The van der Waals surface area contributed by atoms with E-state index in [1.54, 1.807) is 40.6 Å². The number of hydrogen-bond donors (Lipinski definition) is 0. The molecule has 0 aromatic heterocycles. The van der Waals surface area contributed by atoms with Crippen LogP contribution in [0.3, 0.4) is 0 Å². The predicted octanol–water partition coefficient (Wildman–Crippen LogP) is 2.96. The molecule has 2 fully saturated rings. The largest absolute Gasteiger partial charge is 0.341 e. The van der Waals surface area contributed by atoms with Gasteiger partial charge in [0.1, 0.15) is 11.2 Å². The highest BCUT2D eigenvalue weighted by Crippen LogP contribution is 2.44. The fourth-order valence-electron chi connectivity index (χ4n) is 3.42. The van der Waals surface area contributed by atoms with E-state index in [-0.39, 0.29) is 22.2 Å². The number of rotatable bonds is 2. The molecule has 0 unspecified atom stereocenters. The third kappa shape index (κ3) is 3.14. The van der Waals surface area contributed by atoms with Gasteiger partial charge in [0, 0.05) is 25.4 Å². The third-order valence-corrected chi connectivity index (χ3v) is 6.46. The van der Waals surface area contributed by atoms with Crippen LogP contribution in [0.15, 0.2) is 24.3 Å². The number of likely N-dealkylation sites (tertiary alicyclic amines) is 1. The normalized spacial score (nSPS) is 21.1. The van der Waals surface area contributed by atoms with Gasteiger partial charge in [-0.3, -0.25) is 9.59 Å². The molecule has 3 rings (SSSR count). The van der Waals surface area contributed by atoms with E-state index in [0.29, 0.717) is 32.5 Å². The molecule has 1 aromatic rings. The topological polar surface area (TPSA) is 40.6 Å². The second-order valence-electron chi connectivity index (χ2n) is 6.17. The van der Waals surface area contributed by atoms with Crippen molar-refractivity contribution in [3.8, 4) is 0 Å². The van der Waals surface area contributed by atoms with Gasteiger partial charge >= 0.3 is 0 Å². The lowest BCUT2D eigenvalue weighted by Crippen LogP contribution is -2.54. The maximum atomic E-state index is 14.0. The smallest absolute Gasteiger partial charge is 0.257 e. The van der Waals surface area contributed by atoms with Crippen LogP contribution in [0.25, 0.3) is 0 Å². The van der Waals surface area contributed by atoms with Gasteiger partial charge in [0.05, 0.1) is 10.4 Å². The Kier molecular flexibility index (Phi) is 5.06. The van der Waals surface area contributed by atoms with Crippen LogP contribution >= 0.6 is 23.4 Å². The Morgan fingerprint density at radius 1 is 1.25 bits per heavy atom. The Labute approximate surface area is 150 Å². The van der Waals surface area contributed by atoms with Crippen LogP contribution in [-0.2, 0) is 4.79 Å². The molecule has 2 saturated heterocycles. The van der Waals surface area contributed by atoms with Crippen LogP contribution in [0.4, 0.5) is 4.39 Å². The molecular weight excluding hydrogens is 351 g/mol. The van der Waals surface area contributed by atoms with Crippen molar-refractivity contribution >= 4 is 35.2 Å². The molecule has 4 nitrogen and oxygen atoms in total. The van der Waals surface area contributed by atoms with E-state index in [1.165, 1.54) is 12.1 Å². The maximum Gasteiger partial charge on any atom is 0.257 e. The number of piperidine rings is 1. The predicted molar refractivity (Wildman–Crippen MR) is 93.8 cm³/mol. The Morgan fingerprint density at radius 2 is 1.92 bits per heavy atom. The van der Waals surface area contributed by atoms with E-state index >= 15 is 0 Å². The summed E-state index contributed by atoms with van der Waals surface area (Å²) in [5.74, 6) is 0.0169. The second-order valence-corrected chi connectivity index (χ2v) is 8.28. The second kappa shape index (κ2) is 6.92. The lowest BCUT2D eigenvalue weighted by molar-refractivity contribution is -0.132. The standard InChI is InChI=1S/C17H20ClFN2O2S/c1-12(18)15(22)20-8-6-17(7-9-20)21(10-11-24-17)16(23)13-4-2-3-5-14(13)19/h2-5,12H,6-11H2,1H3/t12-/m0/s1. The first-order chi connectivity index (χ1) is 11.4. The molecule has 24 heavy (non-hydrogen) atoms. The highest BCUT2D eigenvalue weighted by atomic mass is 35.5. The maximum absolute atomic E-state index is 14.0. The van der Waals surface area contributed by atoms with E-state index in [2.05, 4.69) is 0 Å². The molecule has 7 heteroatoms. The summed E-state index contributed by atoms with van der Waals surface area (Å²) in [4.78, 5) is 28.1. The van der Waals surface area contributed by atoms with Gasteiger partial charge in [-0.15, -0.1) is 23.4 Å². The molecule has 2 amide bonds. The van der Waals surface area contributed by atoms with Crippen molar-refractivity contribution in [2.45, 2.75) is 30.0 Å². The summed E-state index contributed by atoms with van der Waals surface area (Å²) in [5, 5.41) is -0.536. The number of amides is 2. The van der Waals surface area contributed by atoms with E-state index in [1.807, 2.05) is 0 Å². The molecule has 0 radical (unpaired) electrons. The summed E-state index contributed by atoms with van der Waals surface area (Å²) in [5.41, 5.74) is 0.118. The van der Waals surface area contributed by atoms with Crippen molar-refractivity contribution < 1.29 is 14.0 Å². The fourth-order valence-corrected chi connectivity index (χ4v) is 5.01. The molecular formula is C17H20ClFN2O2S. The quantitative estimate of drug-likeness (QED) is 0.751. The van der Waals surface area contributed by atoms with Crippen molar-refractivity contribution in [3.05, 3.63) is 35.6 Å². The van der Waals surface area contributed by atoms with Crippen LogP contribution in [-0.4, -0.2) is 57.2 Å². The molecule has 2 heterocycles. The van der Waals surface area contributed by atoms with Crippen molar-refractivity contribution in [2.24, 2.45) is 0 Å². The van der Waals surface area contributed by atoms with Crippen molar-refractivity contribution in [1.82, 2.24) is 9.80 Å². The molecule has 130 valence electrons. The number of alkyl halides is 1. The first kappa shape index (κ1) is 17.5. The van der Waals surface area contributed by atoms with Gasteiger partial charge in [0.25, 0.3) is 5.91 Å². The minimum Gasteiger partial charge on any atom is -0.341 e. The number of benzene rings is 1. The van der Waals surface area contributed by atoms with Crippen LogP contribution in [0.2, 0.25) is 0 Å². The number of thioether (sulfide) groups is 1. The monoisotopic (exact) mass is 370 g/mol. The van der Waals surface area contributed by atoms with Crippen molar-refractivity contribution in [3.63, 3.8) is 0 Å². The van der Waals surface area contributed by atoms with E-state index in [4.69, 9.17) is 11.6 Å². The Balaban J connectivity index is 1.76. The van der Waals surface area contributed by atoms with E-state index < -0.39 is 11.2 Å². The number of nitrogens with zero attached hydrogens (tertiary/aromatic N) is 2. The van der Waals surface area contributed by atoms with Gasteiger partial charge in [-0.05, 0) is 31.9 Å². The van der Waals surface area contributed by atoms with Gasteiger partial charge in [0.15, 0.2) is 0 Å². The van der Waals surface area contributed by atoms with Gasteiger partial charge in [-0.1, -0.05) is 12.1 Å². The van der Waals surface area contributed by atoms with Crippen molar-refractivity contribution in [1.29, 1.82) is 0 Å². The summed E-state index contributed by atoms with van der Waals surface area (Å²) in [6, 6.07) is 6.10. The lowest BCUT2D eigenvalue weighted by Gasteiger charge is -2.44. The van der Waals surface area contributed by atoms with Crippen LogP contribution < -0.4 is 0 Å². The molecule has 0 aliphatic carbocycles. The SMILES string of the molecule is C[C@H](Cl)C(=O)N1CCC2(CC1)SCCN2C(=O)c1ccccc1F. The fraction of sp³-hybridized carbons (Fsp3) is 0.529. The van der Waals surface area contributed by atoms with Crippen LogP contribution in [0.1, 0.15) is 30.1 Å². The van der Waals surface area contributed by atoms with Crippen LogP contribution in [0, 0.1) is 5.82 Å². The summed E-state index contributed by atoms with van der Waals surface area (Å²) in [7, 11) is 0. The molecule has 1 aromatic carbocycles. The first-order valence-corrected chi connectivity index (χ1v) is 9.50. The summed E-state index contributed by atoms with van der Waals surface area (Å²) in [6.07, 6.45) is 1.38. The summed E-state index contributed by atoms with van der Waals surface area (Å²) >= 11 is 7.62. The zero-order valence-electron chi connectivity index (χ0n) is 13.5. The summed E-state index contributed by atoms with van der Waals surface area (Å²) < 4.78 is 14.0. The highest BCUT2D eigenvalue weighted by molar-refractivity contribution is 8.00. The average Bonchev–Trinajstić information content (AvgIpc) is 2.98. The molecule has 1 atom stereocenters. The van der Waals surface area contributed by atoms with Gasteiger partial charge in [0.2, 0.25) is 5.91 Å². The zero-order valence-corrected chi connectivity index (χ0v) is 15.1. The zero-order chi connectivity index (χ0) is 17.3. The molecule has 2 aliphatic rings. The minimum absolute atomic E-state index is 0.0681. The molecule has 2 aliphatic heterocycles. The highest BCUT2D eigenvalue weighted by Gasteiger charge is 2.47. The van der Waals surface area contributed by atoms with Gasteiger partial charge < -0.3 is 9.80 Å². The molecule has 0 bridgehead atoms. The number of carbonyl (C=O) groups is 2. The van der Waals surface area contributed by atoms with E-state index in [9.17, 15) is 14.0 Å². The van der Waals surface area contributed by atoms with Gasteiger partial charge in [-0.25, -0.2) is 4.39 Å². The van der Waals surface area contributed by atoms with Crippen molar-refractivity contribution in [2.75, 3.05) is 25.4 Å². The molecule has 0 N–H and O–H groups in total. The van der Waals surface area contributed by atoms with Crippen LogP contribution in [0.5, 0.6) is 0 Å². The lowest BCUT2D eigenvalue weighted by atomic mass is 10.0. The number of halogens is 2. The van der Waals surface area contributed by atoms with E-state index in [0.717, 1.165) is 5.75 Å². The Bertz CT molecular complexity index is 647. The third-order valence-electron chi connectivity index (χ3n) is 4.72. The number of hydrogen-bond acceptors (Lipinski definition) is 3. The Morgan fingerprint density at radius 3 is 2.54 bits per heavy atom. The Hall–Kier alpha value is -1.27. The first-order valence-electron chi connectivity index (χ1n) is 8.08. The van der Waals surface area contributed by atoms with Gasteiger partial charge in [-0.2, -0.15) is 0 Å². The molecule has 1 spiro atoms. The number of carbonyl (C=O) groups excluding carboxylic acids is 2.